The maximum absolute atomic E-state index is 9.82. The minimum absolute atomic E-state index is 0.216. The molecular formula is C17H20ClNO. The van der Waals surface area contributed by atoms with E-state index in [0.717, 1.165) is 5.56 Å². The topological polar surface area (TPSA) is 32.3 Å². The van der Waals surface area contributed by atoms with Crippen molar-refractivity contribution in [2.75, 3.05) is 0 Å². The lowest BCUT2D eigenvalue weighted by Gasteiger charge is -2.18. The lowest BCUT2D eigenvalue weighted by Crippen LogP contribution is -2.19. The Kier molecular flexibility index (Phi) is 4.69. The highest BCUT2D eigenvalue weighted by Gasteiger charge is 2.09. The first kappa shape index (κ1) is 14.9. The zero-order chi connectivity index (χ0) is 14.7. The number of hydrogen-bond donors (Lipinski definition) is 2. The molecule has 0 saturated carbocycles. The first-order valence-electron chi connectivity index (χ1n) is 6.75. The van der Waals surface area contributed by atoms with Gasteiger partial charge in [-0.2, -0.15) is 0 Å². The maximum atomic E-state index is 9.82. The van der Waals surface area contributed by atoms with Crippen molar-refractivity contribution in [2.45, 2.75) is 33.4 Å². The number of aromatic hydroxyl groups is 1. The van der Waals surface area contributed by atoms with Crippen LogP contribution in [-0.4, -0.2) is 5.11 Å². The molecule has 0 bridgehead atoms. The van der Waals surface area contributed by atoms with E-state index >= 15 is 0 Å². The van der Waals surface area contributed by atoms with E-state index in [1.54, 1.807) is 18.2 Å². The second kappa shape index (κ2) is 6.29. The van der Waals surface area contributed by atoms with Crippen molar-refractivity contribution in [1.82, 2.24) is 5.32 Å². The van der Waals surface area contributed by atoms with Crippen molar-refractivity contribution < 1.29 is 5.11 Å². The van der Waals surface area contributed by atoms with Crippen LogP contribution in [0.1, 0.15) is 35.2 Å². The third-order valence-electron chi connectivity index (χ3n) is 3.54. The molecule has 0 saturated heterocycles. The lowest BCUT2D eigenvalue weighted by atomic mass is 10.00. The smallest absolute Gasteiger partial charge is 0.120 e. The molecule has 0 aromatic heterocycles. The number of benzene rings is 2. The molecule has 1 atom stereocenters. The minimum atomic E-state index is 0.216. The van der Waals surface area contributed by atoms with Gasteiger partial charge in [0, 0.05) is 23.2 Å². The van der Waals surface area contributed by atoms with Gasteiger partial charge < -0.3 is 10.4 Å². The summed E-state index contributed by atoms with van der Waals surface area (Å²) in [7, 11) is 0. The predicted molar refractivity (Wildman–Crippen MR) is 84.3 cm³/mol. The maximum Gasteiger partial charge on any atom is 0.120 e. The summed E-state index contributed by atoms with van der Waals surface area (Å²) < 4.78 is 0. The Morgan fingerprint density at radius 2 is 1.90 bits per heavy atom. The van der Waals surface area contributed by atoms with Gasteiger partial charge in [0.25, 0.3) is 0 Å². The Bertz CT molecular complexity index is 610. The molecule has 0 heterocycles. The average Bonchev–Trinajstić information content (AvgIpc) is 2.42. The normalized spacial score (nSPS) is 12.4. The summed E-state index contributed by atoms with van der Waals surface area (Å²) in [6.45, 7) is 6.92. The number of halogens is 1. The Labute approximate surface area is 125 Å². The van der Waals surface area contributed by atoms with Gasteiger partial charge in [-0.25, -0.2) is 0 Å². The van der Waals surface area contributed by atoms with Gasteiger partial charge >= 0.3 is 0 Å². The first-order valence-corrected chi connectivity index (χ1v) is 7.13. The van der Waals surface area contributed by atoms with Gasteiger partial charge in [-0.1, -0.05) is 35.4 Å². The fourth-order valence-corrected chi connectivity index (χ4v) is 2.49. The Morgan fingerprint density at radius 1 is 1.15 bits per heavy atom. The largest absolute Gasteiger partial charge is 0.508 e. The quantitative estimate of drug-likeness (QED) is 0.868. The summed E-state index contributed by atoms with van der Waals surface area (Å²) in [5.41, 5.74) is 4.62. The van der Waals surface area contributed by atoms with E-state index in [-0.39, 0.29) is 11.8 Å². The van der Waals surface area contributed by atoms with Crippen LogP contribution in [0.2, 0.25) is 5.02 Å². The monoisotopic (exact) mass is 289 g/mol. The highest BCUT2D eigenvalue weighted by Crippen LogP contribution is 2.23. The molecule has 0 aliphatic carbocycles. The predicted octanol–water partition coefficient (Wildman–Crippen LogP) is 4.51. The van der Waals surface area contributed by atoms with E-state index in [0.29, 0.717) is 11.6 Å². The SMILES string of the molecule is Cc1ccc(C)c(C(C)NCc2cc(Cl)ccc2O)c1. The summed E-state index contributed by atoms with van der Waals surface area (Å²) in [6.07, 6.45) is 0. The number of aryl methyl sites for hydroxylation is 2. The molecule has 2 N–H and O–H groups in total. The zero-order valence-corrected chi connectivity index (χ0v) is 12.8. The molecule has 106 valence electrons. The van der Waals surface area contributed by atoms with Gasteiger partial charge in [0.2, 0.25) is 0 Å². The Hall–Kier alpha value is -1.51. The zero-order valence-electron chi connectivity index (χ0n) is 12.1. The molecular weight excluding hydrogens is 270 g/mol. The lowest BCUT2D eigenvalue weighted by molar-refractivity contribution is 0.460. The molecule has 2 nitrogen and oxygen atoms in total. The Morgan fingerprint density at radius 3 is 2.65 bits per heavy atom. The van der Waals surface area contributed by atoms with Gasteiger partial charge in [0.15, 0.2) is 0 Å². The van der Waals surface area contributed by atoms with Crippen LogP contribution in [0.25, 0.3) is 0 Å². The Balaban J connectivity index is 2.10. The summed E-state index contributed by atoms with van der Waals surface area (Å²) in [5, 5.41) is 13.9. The molecule has 2 aromatic rings. The van der Waals surface area contributed by atoms with Crippen LogP contribution in [0.3, 0.4) is 0 Å². The van der Waals surface area contributed by atoms with Crippen molar-refractivity contribution in [1.29, 1.82) is 0 Å². The number of nitrogens with one attached hydrogen (secondary N) is 1. The van der Waals surface area contributed by atoms with Crippen LogP contribution < -0.4 is 5.32 Å². The molecule has 2 rings (SSSR count). The molecule has 0 aliphatic rings. The number of phenols is 1. The molecule has 0 radical (unpaired) electrons. The van der Waals surface area contributed by atoms with Crippen LogP contribution in [-0.2, 0) is 6.54 Å². The average molecular weight is 290 g/mol. The number of rotatable bonds is 4. The molecule has 20 heavy (non-hydrogen) atoms. The van der Waals surface area contributed by atoms with E-state index in [1.807, 2.05) is 0 Å². The summed E-state index contributed by atoms with van der Waals surface area (Å²) in [4.78, 5) is 0. The second-order valence-electron chi connectivity index (χ2n) is 5.24. The van der Waals surface area contributed by atoms with Gasteiger partial charge in [-0.05, 0) is 50.1 Å². The summed E-state index contributed by atoms with van der Waals surface area (Å²) in [5.74, 6) is 0.273. The molecule has 0 fully saturated rings. The van der Waals surface area contributed by atoms with Crippen LogP contribution in [0.15, 0.2) is 36.4 Å². The molecule has 0 amide bonds. The van der Waals surface area contributed by atoms with Crippen molar-refractivity contribution in [3.8, 4) is 5.75 Å². The van der Waals surface area contributed by atoms with Gasteiger partial charge in [-0.3, -0.25) is 0 Å². The van der Waals surface area contributed by atoms with Crippen molar-refractivity contribution in [3.05, 3.63) is 63.7 Å². The van der Waals surface area contributed by atoms with Crippen molar-refractivity contribution in [3.63, 3.8) is 0 Å². The van der Waals surface area contributed by atoms with Crippen LogP contribution in [0.4, 0.5) is 0 Å². The fourth-order valence-electron chi connectivity index (χ4n) is 2.30. The third-order valence-corrected chi connectivity index (χ3v) is 3.78. The summed E-state index contributed by atoms with van der Waals surface area (Å²) >= 11 is 5.96. The number of phenolic OH excluding ortho intramolecular Hbond substituents is 1. The molecule has 3 heteroatoms. The van der Waals surface area contributed by atoms with E-state index in [4.69, 9.17) is 11.6 Å². The van der Waals surface area contributed by atoms with Gasteiger partial charge in [0.1, 0.15) is 5.75 Å². The van der Waals surface area contributed by atoms with Gasteiger partial charge in [-0.15, -0.1) is 0 Å². The molecule has 0 spiro atoms. The van der Waals surface area contributed by atoms with E-state index in [9.17, 15) is 5.11 Å². The minimum Gasteiger partial charge on any atom is -0.508 e. The first-order chi connectivity index (χ1) is 9.47. The van der Waals surface area contributed by atoms with Crippen LogP contribution in [0, 0.1) is 13.8 Å². The standard InChI is InChI=1S/C17H20ClNO/c1-11-4-5-12(2)16(8-11)13(3)19-10-14-9-15(18)6-7-17(14)20/h4-9,13,19-20H,10H2,1-3H3. The second-order valence-corrected chi connectivity index (χ2v) is 5.67. The molecule has 1 unspecified atom stereocenters. The molecule has 2 aromatic carbocycles. The van der Waals surface area contributed by atoms with E-state index in [2.05, 4.69) is 44.3 Å². The van der Waals surface area contributed by atoms with Crippen LogP contribution >= 0.6 is 11.6 Å². The highest BCUT2D eigenvalue weighted by molar-refractivity contribution is 6.30. The highest BCUT2D eigenvalue weighted by atomic mass is 35.5. The van der Waals surface area contributed by atoms with Gasteiger partial charge in [0.05, 0.1) is 0 Å². The third kappa shape index (κ3) is 3.53. The number of hydrogen-bond acceptors (Lipinski definition) is 2. The van der Waals surface area contributed by atoms with Crippen molar-refractivity contribution >= 4 is 11.6 Å². The van der Waals surface area contributed by atoms with E-state index in [1.165, 1.54) is 16.7 Å². The van der Waals surface area contributed by atoms with E-state index < -0.39 is 0 Å². The van der Waals surface area contributed by atoms with Crippen LogP contribution in [0.5, 0.6) is 5.75 Å². The fraction of sp³-hybridized carbons (Fsp3) is 0.294. The molecule has 0 aliphatic heterocycles. The summed E-state index contributed by atoms with van der Waals surface area (Å²) in [6, 6.07) is 11.8. The van der Waals surface area contributed by atoms with Crippen molar-refractivity contribution in [2.24, 2.45) is 0 Å².